The highest BCUT2D eigenvalue weighted by atomic mass is 19.1. The normalized spacial score (nSPS) is 18.8. The minimum Gasteiger partial charge on any atom is -0.381 e. The first-order valence-electron chi connectivity index (χ1n) is 7.33. The topological polar surface area (TPSA) is 38.3 Å². The number of aryl methyl sites for hydroxylation is 1. The van der Waals surface area contributed by atoms with Crippen molar-refractivity contribution in [3.05, 3.63) is 35.6 Å². The molecule has 1 aliphatic heterocycles. The highest BCUT2D eigenvalue weighted by Gasteiger charge is 2.14. The number of ether oxygens (including phenoxy) is 1. The minimum atomic E-state index is -0.221. The smallest absolute Gasteiger partial charge is 0.220 e. The number of amides is 1. The third kappa shape index (κ3) is 5.29. The van der Waals surface area contributed by atoms with Gasteiger partial charge in [-0.15, -0.1) is 0 Å². The average molecular weight is 279 g/mol. The molecule has 0 unspecified atom stereocenters. The summed E-state index contributed by atoms with van der Waals surface area (Å²) in [6.07, 6.45) is 4.34. The van der Waals surface area contributed by atoms with E-state index in [1.165, 1.54) is 12.1 Å². The van der Waals surface area contributed by atoms with Gasteiger partial charge in [-0.05, 0) is 49.3 Å². The van der Waals surface area contributed by atoms with E-state index in [2.05, 4.69) is 5.32 Å². The monoisotopic (exact) mass is 279 g/mol. The highest BCUT2D eigenvalue weighted by Crippen LogP contribution is 2.12. The van der Waals surface area contributed by atoms with Crippen LogP contribution in [0.25, 0.3) is 0 Å². The van der Waals surface area contributed by atoms with Gasteiger partial charge in [-0.25, -0.2) is 4.39 Å². The zero-order valence-corrected chi connectivity index (χ0v) is 11.7. The van der Waals surface area contributed by atoms with Gasteiger partial charge in [0, 0.05) is 19.6 Å². The second-order valence-corrected chi connectivity index (χ2v) is 5.37. The number of carbonyl (C=O) groups excluding carboxylic acids is 1. The van der Waals surface area contributed by atoms with Crippen LogP contribution in [0, 0.1) is 11.7 Å². The molecule has 0 radical (unpaired) electrons. The second kappa shape index (κ2) is 8.00. The summed E-state index contributed by atoms with van der Waals surface area (Å²) >= 11 is 0. The number of halogens is 1. The van der Waals surface area contributed by atoms with Gasteiger partial charge in [0.2, 0.25) is 5.91 Å². The number of rotatable bonds is 6. The molecule has 2 rings (SSSR count). The molecular weight excluding hydrogens is 257 g/mol. The molecule has 1 N–H and O–H groups in total. The molecule has 1 aromatic carbocycles. The lowest BCUT2D eigenvalue weighted by atomic mass is 10.0. The van der Waals surface area contributed by atoms with E-state index in [0.29, 0.717) is 12.3 Å². The van der Waals surface area contributed by atoms with E-state index >= 15 is 0 Å². The summed E-state index contributed by atoms with van der Waals surface area (Å²) in [6, 6.07) is 6.45. The van der Waals surface area contributed by atoms with Gasteiger partial charge >= 0.3 is 0 Å². The molecule has 0 bridgehead atoms. The van der Waals surface area contributed by atoms with Gasteiger partial charge in [-0.1, -0.05) is 12.1 Å². The second-order valence-electron chi connectivity index (χ2n) is 5.37. The summed E-state index contributed by atoms with van der Waals surface area (Å²) in [5.41, 5.74) is 1.07. The molecule has 1 amide bonds. The van der Waals surface area contributed by atoms with Crippen molar-refractivity contribution in [3.63, 3.8) is 0 Å². The van der Waals surface area contributed by atoms with E-state index < -0.39 is 0 Å². The van der Waals surface area contributed by atoms with Gasteiger partial charge in [0.05, 0.1) is 6.61 Å². The molecule has 0 aromatic heterocycles. The molecule has 0 saturated carbocycles. The molecule has 1 aromatic rings. The lowest BCUT2D eigenvalue weighted by Gasteiger charge is -2.22. The number of hydrogen-bond acceptors (Lipinski definition) is 2. The third-order valence-corrected chi connectivity index (χ3v) is 3.63. The Morgan fingerprint density at radius 1 is 1.35 bits per heavy atom. The molecule has 1 saturated heterocycles. The largest absolute Gasteiger partial charge is 0.381 e. The van der Waals surface area contributed by atoms with Crippen LogP contribution in [-0.2, 0) is 16.0 Å². The molecule has 20 heavy (non-hydrogen) atoms. The summed E-state index contributed by atoms with van der Waals surface area (Å²) in [7, 11) is 0. The maximum Gasteiger partial charge on any atom is 0.220 e. The van der Waals surface area contributed by atoms with Crippen molar-refractivity contribution in [2.45, 2.75) is 32.1 Å². The van der Waals surface area contributed by atoms with Crippen LogP contribution < -0.4 is 5.32 Å². The number of hydrogen-bond donors (Lipinski definition) is 1. The van der Waals surface area contributed by atoms with Gasteiger partial charge < -0.3 is 10.1 Å². The van der Waals surface area contributed by atoms with E-state index in [-0.39, 0.29) is 11.7 Å². The van der Waals surface area contributed by atoms with Gasteiger partial charge in [0.25, 0.3) is 0 Å². The van der Waals surface area contributed by atoms with Crippen molar-refractivity contribution in [2.75, 3.05) is 19.8 Å². The molecule has 110 valence electrons. The summed E-state index contributed by atoms with van der Waals surface area (Å²) in [5, 5.41) is 2.97. The van der Waals surface area contributed by atoms with Crippen molar-refractivity contribution in [1.82, 2.24) is 5.32 Å². The molecule has 0 aliphatic carbocycles. The maximum atomic E-state index is 12.7. The summed E-state index contributed by atoms with van der Waals surface area (Å²) < 4.78 is 18.1. The summed E-state index contributed by atoms with van der Waals surface area (Å²) in [5.74, 6) is 0.337. The molecule has 0 spiro atoms. The Balaban J connectivity index is 1.58. The van der Waals surface area contributed by atoms with Gasteiger partial charge in [0.1, 0.15) is 5.82 Å². The van der Waals surface area contributed by atoms with Gasteiger partial charge in [-0.3, -0.25) is 4.79 Å². The minimum absolute atomic E-state index is 0.0951. The van der Waals surface area contributed by atoms with Gasteiger partial charge in [-0.2, -0.15) is 0 Å². The number of benzene rings is 1. The lowest BCUT2D eigenvalue weighted by molar-refractivity contribution is -0.121. The molecule has 1 atom stereocenters. The van der Waals surface area contributed by atoms with Crippen molar-refractivity contribution in [3.8, 4) is 0 Å². The maximum absolute atomic E-state index is 12.7. The van der Waals surface area contributed by atoms with E-state index in [9.17, 15) is 9.18 Å². The number of nitrogens with one attached hydrogen (secondary N) is 1. The van der Waals surface area contributed by atoms with Crippen molar-refractivity contribution < 1.29 is 13.9 Å². The van der Waals surface area contributed by atoms with Crippen LogP contribution in [0.3, 0.4) is 0 Å². The first-order chi connectivity index (χ1) is 9.74. The third-order valence-electron chi connectivity index (χ3n) is 3.63. The highest BCUT2D eigenvalue weighted by molar-refractivity contribution is 5.75. The van der Waals surface area contributed by atoms with E-state index in [0.717, 1.165) is 51.0 Å². The van der Waals surface area contributed by atoms with Crippen molar-refractivity contribution in [2.24, 2.45) is 5.92 Å². The molecule has 4 heteroatoms. The van der Waals surface area contributed by atoms with Crippen molar-refractivity contribution in [1.29, 1.82) is 0 Å². The van der Waals surface area contributed by atoms with Crippen LogP contribution in [0.15, 0.2) is 24.3 Å². The average Bonchev–Trinajstić information content (AvgIpc) is 2.48. The van der Waals surface area contributed by atoms with E-state index in [1.807, 2.05) is 0 Å². The Morgan fingerprint density at radius 2 is 2.15 bits per heavy atom. The van der Waals surface area contributed by atoms with Crippen LogP contribution in [0.1, 0.15) is 31.2 Å². The van der Waals surface area contributed by atoms with Crippen LogP contribution in [0.4, 0.5) is 4.39 Å². The zero-order valence-electron chi connectivity index (χ0n) is 11.7. The Kier molecular flexibility index (Phi) is 5.99. The van der Waals surface area contributed by atoms with E-state index in [1.54, 1.807) is 12.1 Å². The van der Waals surface area contributed by atoms with Gasteiger partial charge in [0.15, 0.2) is 0 Å². The zero-order chi connectivity index (χ0) is 14.2. The van der Waals surface area contributed by atoms with Crippen LogP contribution in [0.2, 0.25) is 0 Å². The lowest BCUT2D eigenvalue weighted by Crippen LogP contribution is -2.33. The van der Waals surface area contributed by atoms with E-state index in [4.69, 9.17) is 4.74 Å². The Morgan fingerprint density at radius 3 is 2.85 bits per heavy atom. The quantitative estimate of drug-likeness (QED) is 0.869. The summed E-state index contributed by atoms with van der Waals surface area (Å²) in [4.78, 5) is 11.7. The standard InChI is InChI=1S/C16H22FNO2/c17-15-8-6-13(7-9-15)3-1-5-16(19)18-11-14-4-2-10-20-12-14/h6-9,14H,1-5,10-12H2,(H,18,19)/t14-/m1/s1. The molecule has 1 fully saturated rings. The Hall–Kier alpha value is -1.42. The predicted octanol–water partition coefficient (Wildman–Crippen LogP) is 2.69. The molecule has 3 nitrogen and oxygen atoms in total. The Labute approximate surface area is 119 Å². The SMILES string of the molecule is O=C(CCCc1ccc(F)cc1)NC[C@H]1CCCOC1. The van der Waals surface area contributed by atoms with Crippen LogP contribution >= 0.6 is 0 Å². The first-order valence-corrected chi connectivity index (χ1v) is 7.33. The Bertz CT molecular complexity index is 413. The summed E-state index contributed by atoms with van der Waals surface area (Å²) in [6.45, 7) is 2.33. The van der Waals surface area contributed by atoms with Crippen LogP contribution in [0.5, 0.6) is 0 Å². The fourth-order valence-corrected chi connectivity index (χ4v) is 2.42. The number of carbonyl (C=O) groups is 1. The molecule has 1 aliphatic rings. The van der Waals surface area contributed by atoms with Crippen LogP contribution in [-0.4, -0.2) is 25.7 Å². The predicted molar refractivity (Wildman–Crippen MR) is 75.9 cm³/mol. The van der Waals surface area contributed by atoms with Crippen molar-refractivity contribution >= 4 is 5.91 Å². The first kappa shape index (κ1) is 15.0. The fraction of sp³-hybridized carbons (Fsp3) is 0.562. The fourth-order valence-electron chi connectivity index (χ4n) is 2.42. The molecular formula is C16H22FNO2. The molecule has 1 heterocycles.